The van der Waals surface area contributed by atoms with Crippen LogP contribution >= 0.6 is 15.9 Å². The van der Waals surface area contributed by atoms with Gasteiger partial charge in [-0.15, -0.1) is 0 Å². The van der Waals surface area contributed by atoms with Gasteiger partial charge >= 0.3 is 5.97 Å². The van der Waals surface area contributed by atoms with Gasteiger partial charge in [0.1, 0.15) is 6.54 Å². The molecular formula is C21H23BrN2O4. The van der Waals surface area contributed by atoms with Crippen molar-refractivity contribution >= 4 is 33.7 Å². The highest BCUT2D eigenvalue weighted by molar-refractivity contribution is 9.10. The standard InChI is InChI=1S/C21H23BrN2O4/c1-13-7-8-16(9-14(13)2)15(3)24-19(25)12-28-20(26)11-23-21(27)17-5-4-6-18(22)10-17/h4-10,15H,11-12H2,1-3H3,(H,23,27)(H,24,25). The Morgan fingerprint density at radius 1 is 1.07 bits per heavy atom. The summed E-state index contributed by atoms with van der Waals surface area (Å²) in [6, 6.07) is 12.6. The lowest BCUT2D eigenvalue weighted by atomic mass is 10.0. The molecule has 0 radical (unpaired) electrons. The molecule has 0 spiro atoms. The lowest BCUT2D eigenvalue weighted by Crippen LogP contribution is -2.34. The lowest BCUT2D eigenvalue weighted by molar-refractivity contribution is -0.147. The van der Waals surface area contributed by atoms with Gasteiger partial charge < -0.3 is 15.4 Å². The molecular weight excluding hydrogens is 424 g/mol. The van der Waals surface area contributed by atoms with Crippen LogP contribution in [0.25, 0.3) is 0 Å². The Balaban J connectivity index is 1.75. The lowest BCUT2D eigenvalue weighted by Gasteiger charge is -2.16. The van der Waals surface area contributed by atoms with Crippen LogP contribution in [0, 0.1) is 13.8 Å². The van der Waals surface area contributed by atoms with Crippen LogP contribution in [0.3, 0.4) is 0 Å². The van der Waals surface area contributed by atoms with Crippen LogP contribution in [0.2, 0.25) is 0 Å². The second kappa shape index (κ2) is 10.0. The maximum absolute atomic E-state index is 12.0. The largest absolute Gasteiger partial charge is 0.454 e. The Morgan fingerprint density at radius 3 is 2.50 bits per heavy atom. The van der Waals surface area contributed by atoms with Gasteiger partial charge in [-0.1, -0.05) is 40.2 Å². The fourth-order valence-electron chi connectivity index (χ4n) is 2.48. The number of carbonyl (C=O) groups excluding carboxylic acids is 3. The van der Waals surface area contributed by atoms with Crippen LogP contribution in [0.1, 0.15) is 40.0 Å². The molecule has 0 aromatic heterocycles. The van der Waals surface area contributed by atoms with Crippen LogP contribution in [0.15, 0.2) is 46.9 Å². The zero-order valence-corrected chi connectivity index (χ0v) is 17.6. The second-order valence-corrected chi connectivity index (χ2v) is 7.40. The van der Waals surface area contributed by atoms with Gasteiger partial charge in [-0.25, -0.2) is 0 Å². The first-order valence-corrected chi connectivity index (χ1v) is 9.61. The fourth-order valence-corrected chi connectivity index (χ4v) is 2.88. The minimum atomic E-state index is -0.683. The number of esters is 1. The number of rotatable bonds is 7. The number of nitrogens with one attached hydrogen (secondary N) is 2. The highest BCUT2D eigenvalue weighted by Crippen LogP contribution is 2.16. The van der Waals surface area contributed by atoms with Crippen LogP contribution < -0.4 is 10.6 Å². The molecule has 1 unspecified atom stereocenters. The number of amides is 2. The molecule has 6 nitrogen and oxygen atoms in total. The molecule has 2 amide bonds. The first-order chi connectivity index (χ1) is 13.3. The third-order valence-corrected chi connectivity index (χ3v) is 4.75. The number of aryl methyl sites for hydroxylation is 2. The summed E-state index contributed by atoms with van der Waals surface area (Å²) in [6.45, 7) is 5.18. The number of carbonyl (C=O) groups is 3. The summed E-state index contributed by atoms with van der Waals surface area (Å²) in [7, 11) is 0. The first-order valence-electron chi connectivity index (χ1n) is 8.82. The van der Waals surface area contributed by atoms with Crippen LogP contribution in [0.4, 0.5) is 0 Å². The molecule has 2 rings (SSSR count). The van der Waals surface area contributed by atoms with Crippen molar-refractivity contribution in [3.05, 3.63) is 69.2 Å². The summed E-state index contributed by atoms with van der Waals surface area (Å²) in [5.41, 5.74) is 3.72. The number of halogens is 1. The van der Waals surface area contributed by atoms with E-state index in [0.717, 1.165) is 15.6 Å². The van der Waals surface area contributed by atoms with Gasteiger partial charge in [-0.3, -0.25) is 14.4 Å². The summed E-state index contributed by atoms with van der Waals surface area (Å²) < 4.78 is 5.68. The van der Waals surface area contributed by atoms with E-state index in [-0.39, 0.29) is 12.6 Å². The van der Waals surface area contributed by atoms with E-state index >= 15 is 0 Å². The third-order valence-electron chi connectivity index (χ3n) is 4.25. The maximum Gasteiger partial charge on any atom is 0.325 e. The number of hydrogen-bond donors (Lipinski definition) is 2. The summed E-state index contributed by atoms with van der Waals surface area (Å²) in [4.78, 5) is 35.7. The Labute approximate surface area is 172 Å². The van der Waals surface area contributed by atoms with E-state index in [1.807, 2.05) is 39.0 Å². The average molecular weight is 447 g/mol. The topological polar surface area (TPSA) is 84.5 Å². The van der Waals surface area contributed by atoms with Gasteiger partial charge in [0.2, 0.25) is 0 Å². The Kier molecular flexibility index (Phi) is 7.75. The van der Waals surface area contributed by atoms with Gasteiger partial charge in [0.25, 0.3) is 11.8 Å². The first kappa shape index (κ1) is 21.6. The van der Waals surface area contributed by atoms with E-state index in [2.05, 4.69) is 26.6 Å². The van der Waals surface area contributed by atoms with Crippen molar-refractivity contribution in [1.82, 2.24) is 10.6 Å². The van der Waals surface area contributed by atoms with Crippen molar-refractivity contribution in [3.8, 4) is 0 Å². The van der Waals surface area contributed by atoms with Gasteiger partial charge in [0, 0.05) is 10.0 Å². The maximum atomic E-state index is 12.0. The summed E-state index contributed by atoms with van der Waals surface area (Å²) in [6.07, 6.45) is 0. The molecule has 0 saturated heterocycles. The number of hydrogen-bond acceptors (Lipinski definition) is 4. The SMILES string of the molecule is Cc1ccc(C(C)NC(=O)COC(=O)CNC(=O)c2cccc(Br)c2)cc1C. The molecule has 0 fully saturated rings. The molecule has 148 valence electrons. The second-order valence-electron chi connectivity index (χ2n) is 6.49. The third kappa shape index (κ3) is 6.49. The number of benzene rings is 2. The van der Waals surface area contributed by atoms with E-state index in [1.165, 1.54) is 5.56 Å². The molecule has 7 heteroatoms. The minimum absolute atomic E-state index is 0.207. The molecule has 28 heavy (non-hydrogen) atoms. The van der Waals surface area contributed by atoms with E-state index in [0.29, 0.717) is 5.56 Å². The summed E-state index contributed by atoms with van der Waals surface area (Å²) in [5, 5.41) is 5.25. The molecule has 0 saturated carbocycles. The highest BCUT2D eigenvalue weighted by Gasteiger charge is 2.14. The molecule has 1 atom stereocenters. The zero-order chi connectivity index (χ0) is 20.7. The van der Waals surface area contributed by atoms with Crippen molar-refractivity contribution in [2.45, 2.75) is 26.8 Å². The van der Waals surface area contributed by atoms with Crippen molar-refractivity contribution in [2.75, 3.05) is 13.2 Å². The molecule has 2 aromatic carbocycles. The van der Waals surface area contributed by atoms with Gasteiger partial charge in [-0.05, 0) is 55.7 Å². The molecule has 2 N–H and O–H groups in total. The molecule has 0 heterocycles. The molecule has 0 aliphatic rings. The van der Waals surface area contributed by atoms with Crippen LogP contribution in [-0.4, -0.2) is 30.9 Å². The zero-order valence-electron chi connectivity index (χ0n) is 16.0. The molecule has 0 bridgehead atoms. The van der Waals surface area contributed by atoms with Gasteiger partial charge in [0.05, 0.1) is 6.04 Å². The minimum Gasteiger partial charge on any atom is -0.454 e. The number of ether oxygens (including phenoxy) is 1. The highest BCUT2D eigenvalue weighted by atomic mass is 79.9. The summed E-state index contributed by atoms with van der Waals surface area (Å²) >= 11 is 3.28. The van der Waals surface area contributed by atoms with Crippen molar-refractivity contribution in [1.29, 1.82) is 0 Å². The van der Waals surface area contributed by atoms with E-state index in [9.17, 15) is 14.4 Å². The van der Waals surface area contributed by atoms with Crippen LogP contribution in [-0.2, 0) is 14.3 Å². The molecule has 0 aliphatic heterocycles. The Morgan fingerprint density at radius 2 is 1.82 bits per heavy atom. The Bertz CT molecular complexity index is 882. The summed E-state index contributed by atoms with van der Waals surface area (Å²) in [5.74, 6) is -1.49. The average Bonchev–Trinajstić information content (AvgIpc) is 2.66. The van der Waals surface area contributed by atoms with E-state index < -0.39 is 24.4 Å². The molecule has 0 aliphatic carbocycles. The van der Waals surface area contributed by atoms with Gasteiger partial charge in [0.15, 0.2) is 6.61 Å². The van der Waals surface area contributed by atoms with Crippen molar-refractivity contribution in [2.24, 2.45) is 0 Å². The predicted octanol–water partition coefficient (Wildman–Crippen LogP) is 3.22. The fraction of sp³-hybridized carbons (Fsp3) is 0.286. The van der Waals surface area contributed by atoms with Crippen LogP contribution in [0.5, 0.6) is 0 Å². The van der Waals surface area contributed by atoms with E-state index in [1.54, 1.807) is 24.3 Å². The van der Waals surface area contributed by atoms with Crippen molar-refractivity contribution < 1.29 is 19.1 Å². The van der Waals surface area contributed by atoms with E-state index in [4.69, 9.17) is 4.74 Å². The predicted molar refractivity (Wildman–Crippen MR) is 110 cm³/mol. The normalized spacial score (nSPS) is 11.4. The Hall–Kier alpha value is -2.67. The molecule has 2 aromatic rings. The quantitative estimate of drug-likeness (QED) is 0.639. The van der Waals surface area contributed by atoms with Crippen molar-refractivity contribution in [3.63, 3.8) is 0 Å². The monoisotopic (exact) mass is 446 g/mol. The van der Waals surface area contributed by atoms with Gasteiger partial charge in [-0.2, -0.15) is 0 Å². The smallest absolute Gasteiger partial charge is 0.325 e.